The molecule has 2 aromatic carbocycles. The molecule has 0 heterocycles. The summed E-state index contributed by atoms with van der Waals surface area (Å²) in [4.78, 5) is 0. The molecule has 40 heavy (non-hydrogen) atoms. The maximum atomic E-state index is 6.16. The molecule has 2 rings (SSSR count). The van der Waals surface area contributed by atoms with Crippen LogP contribution >= 0.6 is 0 Å². The van der Waals surface area contributed by atoms with Crippen LogP contribution in [0.5, 0.6) is 11.5 Å². The van der Waals surface area contributed by atoms with Crippen molar-refractivity contribution < 1.29 is 18.9 Å². The molecule has 0 amide bonds. The molecule has 4 heteroatoms. The molecule has 2 atom stereocenters. The summed E-state index contributed by atoms with van der Waals surface area (Å²) in [5.41, 5.74) is 2.71. The average molecular weight is 555 g/mol. The third-order valence-electron chi connectivity index (χ3n) is 7.65. The monoisotopic (exact) mass is 554 g/mol. The molecular weight excluding hydrogens is 496 g/mol. The van der Waals surface area contributed by atoms with Crippen LogP contribution < -0.4 is 9.47 Å². The third-order valence-corrected chi connectivity index (χ3v) is 7.65. The minimum absolute atomic E-state index is 0.557. The van der Waals surface area contributed by atoms with E-state index < -0.39 is 0 Å². The van der Waals surface area contributed by atoms with Crippen molar-refractivity contribution in [2.75, 3.05) is 39.6 Å². The number of hydrogen-bond acceptors (Lipinski definition) is 4. The van der Waals surface area contributed by atoms with Crippen LogP contribution in [0.2, 0.25) is 0 Å². The van der Waals surface area contributed by atoms with Gasteiger partial charge in [-0.15, -0.1) is 0 Å². The van der Waals surface area contributed by atoms with E-state index in [9.17, 15) is 0 Å². The number of para-hydroxylation sites is 2. The highest BCUT2D eigenvalue weighted by Gasteiger charge is 2.16. The number of rotatable bonds is 25. The van der Waals surface area contributed by atoms with Gasteiger partial charge in [0.15, 0.2) is 0 Å². The molecule has 0 N–H and O–H groups in total. The number of ether oxygens (including phenoxy) is 4. The summed E-state index contributed by atoms with van der Waals surface area (Å²) < 4.78 is 23.9. The first-order chi connectivity index (χ1) is 19.7. The molecular formula is C36H58O4. The van der Waals surface area contributed by atoms with Crippen molar-refractivity contribution in [3.05, 3.63) is 59.7 Å². The molecule has 0 aliphatic rings. The third kappa shape index (κ3) is 13.5. The van der Waals surface area contributed by atoms with Gasteiger partial charge in [-0.25, -0.2) is 0 Å². The molecule has 0 aliphatic heterocycles. The second-order valence-corrected chi connectivity index (χ2v) is 11.0. The van der Waals surface area contributed by atoms with Crippen LogP contribution in [0.25, 0.3) is 0 Å². The largest absolute Gasteiger partial charge is 0.491 e. The van der Waals surface area contributed by atoms with E-state index in [0.717, 1.165) is 11.5 Å². The van der Waals surface area contributed by atoms with Gasteiger partial charge in [0.05, 0.1) is 26.4 Å². The molecule has 0 aliphatic carbocycles. The molecule has 4 nitrogen and oxygen atoms in total. The van der Waals surface area contributed by atoms with E-state index in [1.807, 2.05) is 0 Å². The first-order valence-electron chi connectivity index (χ1n) is 16.3. The highest BCUT2D eigenvalue weighted by Crippen LogP contribution is 2.35. The standard InChI is InChI=1S/C36H58O4/c1-5-9-11-19-31(17-7-3)33-21-13-15-23-35(33)39-29-27-37-25-26-38-28-30-40-36-24-16-14-22-34(36)32(18-8-4)20-12-10-6-2/h13-16,21-24,31-32H,5-12,17-20,25-30H2,1-4H3. The zero-order chi connectivity index (χ0) is 28.7. The molecule has 0 saturated heterocycles. The minimum Gasteiger partial charge on any atom is -0.491 e. The summed E-state index contributed by atoms with van der Waals surface area (Å²) in [5, 5.41) is 0. The van der Waals surface area contributed by atoms with Crippen molar-refractivity contribution in [2.24, 2.45) is 0 Å². The lowest BCUT2D eigenvalue weighted by molar-refractivity contribution is 0.0271. The van der Waals surface area contributed by atoms with E-state index in [1.165, 1.54) is 88.2 Å². The van der Waals surface area contributed by atoms with Crippen LogP contribution in [-0.2, 0) is 9.47 Å². The average Bonchev–Trinajstić information content (AvgIpc) is 2.98. The molecule has 226 valence electrons. The van der Waals surface area contributed by atoms with Gasteiger partial charge in [0.1, 0.15) is 24.7 Å². The summed E-state index contributed by atoms with van der Waals surface area (Å²) in [6.07, 6.45) is 15.0. The molecule has 2 unspecified atom stereocenters. The first kappa shape index (κ1) is 34.2. The summed E-state index contributed by atoms with van der Waals surface area (Å²) in [6, 6.07) is 17.1. The normalized spacial score (nSPS) is 12.8. The Labute approximate surface area is 246 Å². The number of hydrogen-bond donors (Lipinski definition) is 0. The molecule has 2 aromatic rings. The fourth-order valence-corrected chi connectivity index (χ4v) is 5.53. The van der Waals surface area contributed by atoms with Crippen LogP contribution in [-0.4, -0.2) is 39.6 Å². The Morgan fingerprint density at radius 3 is 1.25 bits per heavy atom. The van der Waals surface area contributed by atoms with Crippen LogP contribution in [0.15, 0.2) is 48.5 Å². The SMILES string of the molecule is CCCCCC(CCC)c1ccccc1OCCOCCOCCOc1ccccc1C(CCC)CCCCC. The van der Waals surface area contributed by atoms with Gasteiger partial charge in [-0.2, -0.15) is 0 Å². The van der Waals surface area contributed by atoms with Crippen molar-refractivity contribution >= 4 is 0 Å². The van der Waals surface area contributed by atoms with Crippen molar-refractivity contribution in [3.63, 3.8) is 0 Å². The van der Waals surface area contributed by atoms with E-state index in [1.54, 1.807) is 0 Å². The van der Waals surface area contributed by atoms with Crippen LogP contribution in [0, 0.1) is 0 Å². The summed E-state index contributed by atoms with van der Waals surface area (Å²) in [7, 11) is 0. The summed E-state index contributed by atoms with van der Waals surface area (Å²) in [5.74, 6) is 3.19. The van der Waals surface area contributed by atoms with Crippen molar-refractivity contribution in [1.82, 2.24) is 0 Å². The molecule has 0 bridgehead atoms. The fraction of sp³-hybridized carbons (Fsp3) is 0.667. The van der Waals surface area contributed by atoms with Gasteiger partial charge < -0.3 is 18.9 Å². The first-order valence-corrected chi connectivity index (χ1v) is 16.3. The van der Waals surface area contributed by atoms with Gasteiger partial charge in [0.2, 0.25) is 0 Å². The second-order valence-electron chi connectivity index (χ2n) is 11.0. The maximum Gasteiger partial charge on any atom is 0.122 e. The summed E-state index contributed by atoms with van der Waals surface area (Å²) in [6.45, 7) is 12.4. The Kier molecular flexibility index (Phi) is 19.3. The van der Waals surface area contributed by atoms with Gasteiger partial charge in [-0.1, -0.05) is 115 Å². The zero-order valence-electron chi connectivity index (χ0n) is 26.1. The van der Waals surface area contributed by atoms with E-state index in [2.05, 4.69) is 76.2 Å². The highest BCUT2D eigenvalue weighted by molar-refractivity contribution is 5.37. The van der Waals surface area contributed by atoms with Crippen LogP contribution in [0.1, 0.15) is 128 Å². The van der Waals surface area contributed by atoms with Gasteiger partial charge >= 0.3 is 0 Å². The molecule has 0 saturated carbocycles. The predicted octanol–water partition coefficient (Wildman–Crippen LogP) is 10.1. The van der Waals surface area contributed by atoms with E-state index in [0.29, 0.717) is 51.5 Å². The summed E-state index contributed by atoms with van der Waals surface area (Å²) >= 11 is 0. The number of unbranched alkanes of at least 4 members (excludes halogenated alkanes) is 4. The fourth-order valence-electron chi connectivity index (χ4n) is 5.53. The Morgan fingerprint density at radius 1 is 0.450 bits per heavy atom. The Morgan fingerprint density at radius 2 is 0.850 bits per heavy atom. The van der Waals surface area contributed by atoms with E-state index in [4.69, 9.17) is 18.9 Å². The smallest absolute Gasteiger partial charge is 0.122 e. The van der Waals surface area contributed by atoms with Crippen molar-refractivity contribution in [2.45, 2.75) is 117 Å². The van der Waals surface area contributed by atoms with E-state index in [-0.39, 0.29) is 0 Å². The van der Waals surface area contributed by atoms with Gasteiger partial charge in [-0.3, -0.25) is 0 Å². The van der Waals surface area contributed by atoms with Crippen LogP contribution in [0.4, 0.5) is 0 Å². The quantitative estimate of drug-likeness (QED) is 0.114. The highest BCUT2D eigenvalue weighted by atomic mass is 16.6. The van der Waals surface area contributed by atoms with Gasteiger partial charge in [-0.05, 0) is 60.8 Å². The Balaban J connectivity index is 1.65. The Hall–Kier alpha value is -2.04. The lowest BCUT2D eigenvalue weighted by atomic mass is 9.89. The predicted molar refractivity (Wildman–Crippen MR) is 169 cm³/mol. The zero-order valence-corrected chi connectivity index (χ0v) is 26.1. The van der Waals surface area contributed by atoms with Gasteiger partial charge in [0, 0.05) is 0 Å². The van der Waals surface area contributed by atoms with Crippen molar-refractivity contribution in [1.29, 1.82) is 0 Å². The number of benzene rings is 2. The van der Waals surface area contributed by atoms with Crippen molar-refractivity contribution in [3.8, 4) is 11.5 Å². The lowest BCUT2D eigenvalue weighted by Gasteiger charge is -2.20. The topological polar surface area (TPSA) is 36.9 Å². The van der Waals surface area contributed by atoms with Gasteiger partial charge in [0.25, 0.3) is 0 Å². The lowest BCUT2D eigenvalue weighted by Crippen LogP contribution is -2.14. The molecule has 0 spiro atoms. The van der Waals surface area contributed by atoms with Crippen LogP contribution in [0.3, 0.4) is 0 Å². The van der Waals surface area contributed by atoms with E-state index >= 15 is 0 Å². The second kappa shape index (κ2) is 22.6. The molecule has 0 fully saturated rings. The Bertz CT molecular complexity index is 796. The molecule has 0 aromatic heterocycles. The minimum atomic E-state index is 0.557. The maximum absolute atomic E-state index is 6.16. The molecule has 0 radical (unpaired) electrons.